The van der Waals surface area contributed by atoms with E-state index in [-0.39, 0.29) is 5.69 Å². The number of anilines is 1. The van der Waals surface area contributed by atoms with Gasteiger partial charge in [-0.1, -0.05) is 5.16 Å². The van der Waals surface area contributed by atoms with Crippen molar-refractivity contribution in [1.82, 2.24) is 5.16 Å². The van der Waals surface area contributed by atoms with Crippen molar-refractivity contribution in [1.29, 1.82) is 0 Å². The normalized spacial score (nSPS) is 11.7. The Balaban J connectivity index is 1.95. The highest BCUT2D eigenvalue weighted by Gasteiger charge is 2.17. The average molecular weight is 291 g/mol. The molecule has 1 atom stereocenters. The molecule has 1 aromatic carbocycles. The van der Waals surface area contributed by atoms with E-state index < -0.39 is 16.9 Å². The number of rotatable bonds is 5. The van der Waals surface area contributed by atoms with E-state index in [4.69, 9.17) is 9.26 Å². The molecule has 0 radical (unpaired) electrons. The van der Waals surface area contributed by atoms with Crippen molar-refractivity contribution in [2.75, 3.05) is 5.32 Å². The first kappa shape index (κ1) is 14.5. The molecule has 2 aromatic rings. The molecule has 110 valence electrons. The number of benzene rings is 1. The number of aryl methyl sites for hydroxylation is 1. The van der Waals surface area contributed by atoms with Crippen LogP contribution >= 0.6 is 0 Å². The van der Waals surface area contributed by atoms with Crippen molar-refractivity contribution in [2.24, 2.45) is 0 Å². The summed E-state index contributed by atoms with van der Waals surface area (Å²) in [5.74, 6) is 0.840. The summed E-state index contributed by atoms with van der Waals surface area (Å²) in [5.41, 5.74) is -0.0440. The van der Waals surface area contributed by atoms with E-state index in [0.29, 0.717) is 17.3 Å². The Morgan fingerprint density at radius 3 is 2.62 bits per heavy atom. The number of nitrogens with zero attached hydrogens (tertiary/aromatic N) is 2. The van der Waals surface area contributed by atoms with Crippen LogP contribution in [-0.2, 0) is 4.79 Å². The van der Waals surface area contributed by atoms with Gasteiger partial charge in [0.25, 0.3) is 11.6 Å². The maximum Gasteiger partial charge on any atom is 0.269 e. The first-order valence-electron chi connectivity index (χ1n) is 6.11. The summed E-state index contributed by atoms with van der Waals surface area (Å²) in [6.45, 7) is 3.27. The van der Waals surface area contributed by atoms with Crippen molar-refractivity contribution < 1.29 is 19.0 Å². The second-order valence-corrected chi connectivity index (χ2v) is 4.32. The van der Waals surface area contributed by atoms with Gasteiger partial charge < -0.3 is 14.6 Å². The standard InChI is InChI=1S/C13H13N3O5/c1-8-7-12(15-21-8)14-13(17)9(2)20-11-5-3-10(4-6-11)16(18)19/h3-7,9H,1-2H3,(H,14,15,17). The van der Waals surface area contributed by atoms with E-state index in [1.165, 1.54) is 24.3 Å². The number of nitro groups is 1. The highest BCUT2D eigenvalue weighted by molar-refractivity contribution is 5.93. The lowest BCUT2D eigenvalue weighted by atomic mass is 10.3. The van der Waals surface area contributed by atoms with Crippen molar-refractivity contribution >= 4 is 17.4 Å². The molecule has 1 heterocycles. The molecule has 1 aromatic heterocycles. The number of non-ortho nitro benzene ring substituents is 1. The molecular formula is C13H13N3O5. The van der Waals surface area contributed by atoms with Crippen LogP contribution in [0.25, 0.3) is 0 Å². The van der Waals surface area contributed by atoms with Gasteiger partial charge in [-0.2, -0.15) is 0 Å². The monoisotopic (exact) mass is 291 g/mol. The molecule has 1 unspecified atom stereocenters. The van der Waals surface area contributed by atoms with Gasteiger partial charge in [-0.25, -0.2) is 0 Å². The van der Waals surface area contributed by atoms with E-state index in [1.807, 2.05) is 0 Å². The number of hydrogen-bond donors (Lipinski definition) is 1. The number of ether oxygens (including phenoxy) is 1. The van der Waals surface area contributed by atoms with Crippen molar-refractivity contribution in [2.45, 2.75) is 20.0 Å². The summed E-state index contributed by atoms with van der Waals surface area (Å²) < 4.78 is 10.2. The van der Waals surface area contributed by atoms with Crippen LogP contribution in [0.1, 0.15) is 12.7 Å². The summed E-state index contributed by atoms with van der Waals surface area (Å²) in [7, 11) is 0. The molecule has 0 aliphatic carbocycles. The second-order valence-electron chi connectivity index (χ2n) is 4.32. The van der Waals surface area contributed by atoms with Crippen LogP contribution in [0.3, 0.4) is 0 Å². The Morgan fingerprint density at radius 2 is 2.10 bits per heavy atom. The van der Waals surface area contributed by atoms with Crippen LogP contribution in [0.2, 0.25) is 0 Å². The first-order valence-corrected chi connectivity index (χ1v) is 6.11. The average Bonchev–Trinajstić information content (AvgIpc) is 2.84. The van der Waals surface area contributed by atoms with Gasteiger partial charge in [-0.3, -0.25) is 14.9 Å². The third kappa shape index (κ3) is 3.78. The Labute approximate surface area is 119 Å². The highest BCUT2D eigenvalue weighted by atomic mass is 16.6. The van der Waals surface area contributed by atoms with Crippen LogP contribution in [0.5, 0.6) is 5.75 Å². The number of nitro benzene ring substituents is 1. The molecule has 0 aliphatic rings. The number of hydrogen-bond acceptors (Lipinski definition) is 6. The summed E-state index contributed by atoms with van der Waals surface area (Å²) in [6, 6.07) is 7.06. The maximum atomic E-state index is 11.9. The lowest BCUT2D eigenvalue weighted by molar-refractivity contribution is -0.384. The molecule has 2 rings (SSSR count). The third-order valence-electron chi connectivity index (χ3n) is 2.61. The highest BCUT2D eigenvalue weighted by Crippen LogP contribution is 2.18. The van der Waals surface area contributed by atoms with Crippen LogP contribution in [0.4, 0.5) is 11.5 Å². The van der Waals surface area contributed by atoms with E-state index in [9.17, 15) is 14.9 Å². The van der Waals surface area contributed by atoms with Crippen LogP contribution < -0.4 is 10.1 Å². The molecule has 0 aliphatic heterocycles. The molecular weight excluding hydrogens is 278 g/mol. The van der Waals surface area contributed by atoms with Crippen molar-refractivity contribution in [3.8, 4) is 5.75 Å². The molecule has 21 heavy (non-hydrogen) atoms. The van der Waals surface area contributed by atoms with Gasteiger partial charge in [0, 0.05) is 18.2 Å². The van der Waals surface area contributed by atoms with Crippen LogP contribution in [-0.4, -0.2) is 22.1 Å². The van der Waals surface area contributed by atoms with Crippen LogP contribution in [0, 0.1) is 17.0 Å². The predicted molar refractivity (Wildman–Crippen MR) is 73.1 cm³/mol. The van der Waals surface area contributed by atoms with Gasteiger partial charge in [0.2, 0.25) is 0 Å². The molecule has 8 heteroatoms. The Bertz CT molecular complexity index is 650. The zero-order chi connectivity index (χ0) is 15.4. The molecule has 0 bridgehead atoms. The minimum Gasteiger partial charge on any atom is -0.481 e. The van der Waals surface area contributed by atoms with Gasteiger partial charge in [-0.15, -0.1) is 0 Å². The second kappa shape index (κ2) is 6.04. The van der Waals surface area contributed by atoms with E-state index in [1.54, 1.807) is 19.9 Å². The summed E-state index contributed by atoms with van der Waals surface area (Å²) in [5, 5.41) is 16.7. The minimum absolute atomic E-state index is 0.0440. The number of carbonyl (C=O) groups is 1. The van der Waals surface area contributed by atoms with Gasteiger partial charge in [0.05, 0.1) is 4.92 Å². The first-order chi connectivity index (χ1) is 9.95. The third-order valence-corrected chi connectivity index (χ3v) is 2.61. The zero-order valence-electron chi connectivity index (χ0n) is 11.4. The fourth-order valence-electron chi connectivity index (χ4n) is 1.56. The molecule has 0 saturated carbocycles. The number of nitrogens with one attached hydrogen (secondary N) is 1. The fraction of sp³-hybridized carbons (Fsp3) is 0.231. The number of aromatic nitrogens is 1. The van der Waals surface area contributed by atoms with E-state index >= 15 is 0 Å². The fourth-order valence-corrected chi connectivity index (χ4v) is 1.56. The lowest BCUT2D eigenvalue weighted by Crippen LogP contribution is -2.30. The minimum atomic E-state index is -0.788. The number of carbonyl (C=O) groups excluding carboxylic acids is 1. The largest absolute Gasteiger partial charge is 0.481 e. The predicted octanol–water partition coefficient (Wildman–Crippen LogP) is 2.30. The smallest absolute Gasteiger partial charge is 0.269 e. The van der Waals surface area contributed by atoms with E-state index in [0.717, 1.165) is 0 Å². The van der Waals surface area contributed by atoms with Crippen LogP contribution in [0.15, 0.2) is 34.9 Å². The Kier molecular flexibility index (Phi) is 4.17. The Hall–Kier alpha value is -2.90. The van der Waals surface area contributed by atoms with Gasteiger partial charge in [0.15, 0.2) is 11.9 Å². The molecule has 1 N–H and O–H groups in total. The number of amides is 1. The molecule has 0 fully saturated rings. The topological polar surface area (TPSA) is 108 Å². The molecule has 0 spiro atoms. The van der Waals surface area contributed by atoms with Gasteiger partial charge in [0.1, 0.15) is 11.5 Å². The SMILES string of the molecule is Cc1cc(NC(=O)C(C)Oc2ccc([N+](=O)[O-])cc2)no1. The van der Waals surface area contributed by atoms with Crippen molar-refractivity contribution in [3.05, 3.63) is 46.2 Å². The van der Waals surface area contributed by atoms with Gasteiger partial charge in [-0.05, 0) is 26.0 Å². The Morgan fingerprint density at radius 1 is 1.43 bits per heavy atom. The molecule has 8 nitrogen and oxygen atoms in total. The summed E-state index contributed by atoms with van der Waals surface area (Å²) in [4.78, 5) is 21.9. The molecule has 0 saturated heterocycles. The van der Waals surface area contributed by atoms with Gasteiger partial charge >= 0.3 is 0 Å². The lowest BCUT2D eigenvalue weighted by Gasteiger charge is -2.13. The quantitative estimate of drug-likeness (QED) is 0.669. The zero-order valence-corrected chi connectivity index (χ0v) is 11.4. The maximum absolute atomic E-state index is 11.9. The summed E-state index contributed by atoms with van der Waals surface area (Å²) in [6.07, 6.45) is -0.788. The van der Waals surface area contributed by atoms with E-state index in [2.05, 4.69) is 10.5 Å². The molecule has 1 amide bonds. The summed E-state index contributed by atoms with van der Waals surface area (Å²) >= 11 is 0. The van der Waals surface area contributed by atoms with Crippen molar-refractivity contribution in [3.63, 3.8) is 0 Å².